The quantitative estimate of drug-likeness (QED) is 0.529. The molecule has 7 heteroatoms. The first-order chi connectivity index (χ1) is 15.6. The molecule has 0 bridgehead atoms. The van der Waals surface area contributed by atoms with Crippen LogP contribution in [0.4, 0.5) is 5.69 Å². The number of nitrogens with zero attached hydrogens (tertiary/aromatic N) is 4. The lowest BCUT2D eigenvalue weighted by molar-refractivity contribution is -0.128. The van der Waals surface area contributed by atoms with Crippen molar-refractivity contribution in [2.75, 3.05) is 11.9 Å². The molecular weight excluding hydrogens is 402 g/mol. The molecule has 2 aromatic heterocycles. The summed E-state index contributed by atoms with van der Waals surface area (Å²) >= 11 is 0. The van der Waals surface area contributed by atoms with E-state index in [0.29, 0.717) is 18.8 Å². The summed E-state index contributed by atoms with van der Waals surface area (Å²) in [6.07, 6.45) is 1.86. The molecule has 2 amide bonds. The van der Waals surface area contributed by atoms with Gasteiger partial charge in [-0.2, -0.15) is 5.10 Å². The summed E-state index contributed by atoms with van der Waals surface area (Å²) in [4.78, 5) is 31.6. The van der Waals surface area contributed by atoms with Crippen molar-refractivity contribution in [2.45, 2.75) is 19.9 Å². The number of carbonyl (C=O) groups is 2. The van der Waals surface area contributed by atoms with Gasteiger partial charge in [-0.05, 0) is 30.7 Å². The monoisotopic (exact) mass is 425 g/mol. The molecule has 0 saturated carbocycles. The van der Waals surface area contributed by atoms with Crippen LogP contribution < -0.4 is 5.32 Å². The molecule has 1 aliphatic heterocycles. The van der Waals surface area contributed by atoms with Crippen molar-refractivity contribution in [3.63, 3.8) is 0 Å². The maximum atomic E-state index is 12.9. The fourth-order valence-electron chi connectivity index (χ4n) is 4.11. The summed E-state index contributed by atoms with van der Waals surface area (Å²) < 4.78 is 1.80. The first kappa shape index (κ1) is 19.9. The number of anilines is 1. The van der Waals surface area contributed by atoms with Crippen molar-refractivity contribution >= 4 is 28.5 Å². The molecule has 1 fully saturated rings. The Bertz CT molecular complexity index is 1280. The zero-order chi connectivity index (χ0) is 22.1. The van der Waals surface area contributed by atoms with Crippen LogP contribution in [0.25, 0.3) is 16.7 Å². The summed E-state index contributed by atoms with van der Waals surface area (Å²) in [5.41, 5.74) is 4.15. The molecule has 3 heterocycles. The number of rotatable bonds is 5. The Kier molecular flexibility index (Phi) is 5.15. The fraction of sp³-hybridized carbons (Fsp3) is 0.200. The number of fused-ring (bicyclic) bond motifs is 1. The minimum Gasteiger partial charge on any atom is -0.338 e. The smallest absolute Gasteiger partial charge is 0.229 e. The highest BCUT2D eigenvalue weighted by molar-refractivity contribution is 5.98. The van der Waals surface area contributed by atoms with E-state index in [2.05, 4.69) is 15.4 Å². The van der Waals surface area contributed by atoms with Crippen LogP contribution >= 0.6 is 0 Å². The van der Waals surface area contributed by atoms with Gasteiger partial charge >= 0.3 is 0 Å². The number of carbonyl (C=O) groups excluding carboxylic acids is 2. The summed E-state index contributed by atoms with van der Waals surface area (Å²) in [7, 11) is 0. The Morgan fingerprint density at radius 3 is 2.56 bits per heavy atom. The van der Waals surface area contributed by atoms with Crippen molar-refractivity contribution in [3.8, 4) is 5.69 Å². The molecule has 1 atom stereocenters. The number of aromatic nitrogens is 3. The van der Waals surface area contributed by atoms with Gasteiger partial charge in [0.25, 0.3) is 0 Å². The average Bonchev–Trinajstić information content (AvgIpc) is 3.35. The van der Waals surface area contributed by atoms with Crippen molar-refractivity contribution in [2.24, 2.45) is 5.92 Å². The highest BCUT2D eigenvalue weighted by atomic mass is 16.2. The van der Waals surface area contributed by atoms with Crippen LogP contribution in [0.2, 0.25) is 0 Å². The van der Waals surface area contributed by atoms with E-state index in [1.165, 1.54) is 0 Å². The molecule has 32 heavy (non-hydrogen) atoms. The lowest BCUT2D eigenvalue weighted by atomic mass is 10.1. The van der Waals surface area contributed by atoms with Gasteiger partial charge in [-0.25, -0.2) is 9.67 Å². The predicted octanol–water partition coefficient (Wildman–Crippen LogP) is 3.72. The third-order valence-corrected chi connectivity index (χ3v) is 5.78. The van der Waals surface area contributed by atoms with Crippen LogP contribution in [-0.2, 0) is 16.1 Å². The molecule has 1 aliphatic rings. The Balaban J connectivity index is 1.31. The van der Waals surface area contributed by atoms with E-state index in [9.17, 15) is 9.59 Å². The Morgan fingerprint density at radius 1 is 1.09 bits per heavy atom. The van der Waals surface area contributed by atoms with Crippen LogP contribution in [0.1, 0.15) is 17.7 Å². The van der Waals surface area contributed by atoms with E-state index in [0.717, 1.165) is 28.0 Å². The molecule has 1 unspecified atom stereocenters. The van der Waals surface area contributed by atoms with Gasteiger partial charge in [0.05, 0.1) is 29.2 Å². The Labute approximate surface area is 185 Å². The Hall–Kier alpha value is -4.00. The zero-order valence-corrected chi connectivity index (χ0v) is 17.7. The molecule has 5 rings (SSSR count). The van der Waals surface area contributed by atoms with Crippen molar-refractivity contribution in [1.82, 2.24) is 19.7 Å². The Morgan fingerprint density at radius 2 is 1.81 bits per heavy atom. The summed E-state index contributed by atoms with van der Waals surface area (Å²) in [6, 6.07) is 21.5. The third-order valence-electron chi connectivity index (χ3n) is 5.78. The van der Waals surface area contributed by atoms with E-state index in [1.807, 2.05) is 73.7 Å². The van der Waals surface area contributed by atoms with Crippen molar-refractivity contribution in [3.05, 3.63) is 84.2 Å². The number of hydrogen-bond donors (Lipinski definition) is 1. The standard InChI is InChI=1S/C25H23N5O2/c1-17-22-13-20(14-26-24(22)30(28-17)21-10-6-3-7-11-21)27-25(32)19-12-23(31)29(16-19)15-18-8-4-2-5-9-18/h2-11,13-14,19H,12,15-16H2,1H3,(H,27,32). The topological polar surface area (TPSA) is 80.1 Å². The predicted molar refractivity (Wildman–Crippen MR) is 122 cm³/mol. The van der Waals surface area contributed by atoms with Gasteiger partial charge in [0.15, 0.2) is 5.65 Å². The largest absolute Gasteiger partial charge is 0.338 e. The lowest BCUT2D eigenvalue weighted by Gasteiger charge is -2.16. The first-order valence-corrected chi connectivity index (χ1v) is 10.6. The lowest BCUT2D eigenvalue weighted by Crippen LogP contribution is -2.28. The van der Waals surface area contributed by atoms with E-state index in [-0.39, 0.29) is 24.2 Å². The molecule has 0 spiro atoms. The zero-order valence-electron chi connectivity index (χ0n) is 17.7. The van der Waals surface area contributed by atoms with Crippen LogP contribution in [0, 0.1) is 12.8 Å². The van der Waals surface area contributed by atoms with Crippen LogP contribution in [0.15, 0.2) is 72.9 Å². The number of para-hydroxylation sites is 1. The number of benzene rings is 2. The number of likely N-dealkylation sites (tertiary alicyclic amines) is 1. The number of hydrogen-bond acceptors (Lipinski definition) is 4. The van der Waals surface area contributed by atoms with Gasteiger partial charge in [-0.1, -0.05) is 48.5 Å². The second-order valence-electron chi connectivity index (χ2n) is 8.08. The second-order valence-corrected chi connectivity index (χ2v) is 8.08. The summed E-state index contributed by atoms with van der Waals surface area (Å²) in [5.74, 6) is -0.541. The minimum atomic E-state index is -0.380. The van der Waals surface area contributed by atoms with Crippen molar-refractivity contribution < 1.29 is 9.59 Å². The number of pyridine rings is 1. The third kappa shape index (κ3) is 3.85. The van der Waals surface area contributed by atoms with Crippen molar-refractivity contribution in [1.29, 1.82) is 0 Å². The number of amides is 2. The number of aryl methyl sites for hydroxylation is 1. The second kappa shape index (κ2) is 8.26. The molecule has 2 aromatic carbocycles. The maximum absolute atomic E-state index is 12.9. The minimum absolute atomic E-state index is 0.00237. The van der Waals surface area contributed by atoms with Gasteiger partial charge < -0.3 is 10.2 Å². The molecule has 7 nitrogen and oxygen atoms in total. The summed E-state index contributed by atoms with van der Waals surface area (Å²) in [6.45, 7) is 2.86. The molecular formula is C25H23N5O2. The van der Waals surface area contributed by atoms with Crippen LogP contribution in [0.5, 0.6) is 0 Å². The van der Waals surface area contributed by atoms with E-state index in [4.69, 9.17) is 0 Å². The van der Waals surface area contributed by atoms with E-state index >= 15 is 0 Å². The molecule has 4 aromatic rings. The SMILES string of the molecule is Cc1nn(-c2ccccc2)c2ncc(NC(=O)C3CC(=O)N(Cc4ccccc4)C3)cc12. The molecule has 1 saturated heterocycles. The molecule has 1 N–H and O–H groups in total. The normalized spacial score (nSPS) is 16.0. The van der Waals surface area contributed by atoms with Gasteiger partial charge in [0, 0.05) is 24.9 Å². The van der Waals surface area contributed by atoms with Gasteiger partial charge in [-0.15, -0.1) is 0 Å². The van der Waals surface area contributed by atoms with E-state index < -0.39 is 0 Å². The summed E-state index contributed by atoms with van der Waals surface area (Å²) in [5, 5.41) is 8.42. The van der Waals surface area contributed by atoms with Crippen LogP contribution in [-0.4, -0.2) is 38.0 Å². The number of nitrogens with one attached hydrogen (secondary N) is 1. The first-order valence-electron chi connectivity index (χ1n) is 10.6. The van der Waals surface area contributed by atoms with Gasteiger partial charge in [-0.3, -0.25) is 9.59 Å². The maximum Gasteiger partial charge on any atom is 0.229 e. The molecule has 0 radical (unpaired) electrons. The van der Waals surface area contributed by atoms with Gasteiger partial charge in [0.2, 0.25) is 11.8 Å². The van der Waals surface area contributed by atoms with Crippen LogP contribution in [0.3, 0.4) is 0 Å². The highest BCUT2D eigenvalue weighted by Crippen LogP contribution is 2.25. The molecule has 0 aliphatic carbocycles. The highest BCUT2D eigenvalue weighted by Gasteiger charge is 2.34. The fourth-order valence-corrected chi connectivity index (χ4v) is 4.11. The average molecular weight is 425 g/mol. The van der Waals surface area contributed by atoms with Gasteiger partial charge in [0.1, 0.15) is 0 Å². The van der Waals surface area contributed by atoms with E-state index in [1.54, 1.807) is 15.8 Å². The molecule has 160 valence electrons.